The Morgan fingerprint density at radius 2 is 1.43 bits per heavy atom. The van der Waals surface area contributed by atoms with E-state index in [2.05, 4.69) is 0 Å². The second-order valence-corrected chi connectivity index (χ2v) is 6.47. The molecule has 0 saturated carbocycles. The molecule has 0 atom stereocenters. The fraction of sp³-hybridized carbons (Fsp3) is 0.182. The molecular formula is C11H14N4O4S2. The molecule has 1 aromatic carbocycles. The Morgan fingerprint density at radius 3 is 1.76 bits per heavy atom. The van der Waals surface area contributed by atoms with Crippen LogP contribution in [0.25, 0.3) is 0 Å². The van der Waals surface area contributed by atoms with E-state index in [9.17, 15) is 18.0 Å². The van der Waals surface area contributed by atoms with Gasteiger partial charge in [0.25, 0.3) is 0 Å². The van der Waals surface area contributed by atoms with E-state index in [1.807, 2.05) is 0 Å². The first kappa shape index (κ1) is 17.0. The number of hydrogen-bond donors (Lipinski definition) is 3. The molecule has 2 amide bonds. The zero-order chi connectivity index (χ0) is 16.2. The zero-order valence-corrected chi connectivity index (χ0v) is 12.5. The second kappa shape index (κ2) is 6.61. The highest BCUT2D eigenvalue weighted by Crippen LogP contribution is 2.16. The molecule has 1 aromatic rings. The Kier molecular flexibility index (Phi) is 5.35. The molecule has 0 heterocycles. The van der Waals surface area contributed by atoms with Crippen molar-refractivity contribution in [3.05, 3.63) is 29.8 Å². The number of nitrogens with two attached hydrogens (primary N) is 3. The van der Waals surface area contributed by atoms with E-state index in [0.717, 1.165) is 0 Å². The van der Waals surface area contributed by atoms with Crippen molar-refractivity contribution < 1.29 is 18.0 Å². The molecule has 6 N–H and O–H groups in total. The van der Waals surface area contributed by atoms with Crippen LogP contribution < -0.4 is 17.2 Å². The minimum atomic E-state index is -4.09. The van der Waals surface area contributed by atoms with Gasteiger partial charge in [0.15, 0.2) is 0 Å². The molecule has 21 heavy (non-hydrogen) atoms. The van der Waals surface area contributed by atoms with E-state index in [1.165, 1.54) is 24.3 Å². The summed E-state index contributed by atoms with van der Waals surface area (Å²) in [7, 11) is -4.09. The summed E-state index contributed by atoms with van der Waals surface area (Å²) in [6.45, 7) is -1.30. The fourth-order valence-electron chi connectivity index (χ4n) is 1.51. The SMILES string of the molecule is NC(=O)CN(CC(N)=O)S(=O)(=O)c1ccc(C(N)=S)cc1. The number of sulfonamides is 1. The van der Waals surface area contributed by atoms with Crippen LogP contribution in [0.5, 0.6) is 0 Å². The third kappa shape index (κ3) is 4.48. The maximum Gasteiger partial charge on any atom is 0.244 e. The predicted octanol–water partition coefficient (Wildman–Crippen LogP) is -1.72. The van der Waals surface area contributed by atoms with Gasteiger partial charge in [0.1, 0.15) is 4.99 Å². The van der Waals surface area contributed by atoms with Crippen molar-refractivity contribution in [3.8, 4) is 0 Å². The topological polar surface area (TPSA) is 150 Å². The van der Waals surface area contributed by atoms with Crippen LogP contribution in [0.15, 0.2) is 29.2 Å². The lowest BCUT2D eigenvalue weighted by atomic mass is 10.2. The summed E-state index contributed by atoms with van der Waals surface area (Å²) in [5.74, 6) is -1.81. The molecule has 8 nitrogen and oxygen atoms in total. The molecule has 0 spiro atoms. The number of benzene rings is 1. The number of carbonyl (C=O) groups excluding carboxylic acids is 2. The lowest BCUT2D eigenvalue weighted by Crippen LogP contribution is -2.43. The van der Waals surface area contributed by atoms with Crippen LogP contribution in [-0.2, 0) is 19.6 Å². The Labute approximate surface area is 126 Å². The summed E-state index contributed by atoms with van der Waals surface area (Å²) < 4.78 is 25.3. The van der Waals surface area contributed by atoms with Crippen molar-refractivity contribution in [2.24, 2.45) is 17.2 Å². The number of carbonyl (C=O) groups is 2. The molecule has 114 valence electrons. The predicted molar refractivity (Wildman–Crippen MR) is 79.5 cm³/mol. The van der Waals surface area contributed by atoms with Crippen LogP contribution in [0.2, 0.25) is 0 Å². The maximum absolute atomic E-state index is 12.3. The second-order valence-electron chi connectivity index (χ2n) is 4.09. The largest absolute Gasteiger partial charge is 0.389 e. The van der Waals surface area contributed by atoms with Gasteiger partial charge in [-0.25, -0.2) is 8.42 Å². The van der Waals surface area contributed by atoms with Gasteiger partial charge in [0.2, 0.25) is 21.8 Å². The molecule has 0 aromatic heterocycles. The van der Waals surface area contributed by atoms with Crippen LogP contribution >= 0.6 is 12.2 Å². The van der Waals surface area contributed by atoms with E-state index in [4.69, 9.17) is 29.4 Å². The third-order valence-electron chi connectivity index (χ3n) is 2.44. The highest BCUT2D eigenvalue weighted by molar-refractivity contribution is 7.89. The average Bonchev–Trinajstić information content (AvgIpc) is 2.37. The van der Waals surface area contributed by atoms with Crippen molar-refractivity contribution in [1.82, 2.24) is 4.31 Å². The van der Waals surface area contributed by atoms with Crippen molar-refractivity contribution in [2.75, 3.05) is 13.1 Å². The van der Waals surface area contributed by atoms with Crippen molar-refractivity contribution in [2.45, 2.75) is 4.90 Å². The van der Waals surface area contributed by atoms with Gasteiger partial charge in [-0.1, -0.05) is 24.4 Å². The molecule has 0 bridgehead atoms. The summed E-state index contributed by atoms with van der Waals surface area (Å²) in [4.78, 5) is 21.9. The Balaban J connectivity index is 3.17. The number of rotatable bonds is 7. The van der Waals surface area contributed by atoms with E-state index >= 15 is 0 Å². The quantitative estimate of drug-likeness (QED) is 0.506. The minimum Gasteiger partial charge on any atom is -0.389 e. The average molecular weight is 330 g/mol. The number of primary amides is 2. The summed E-state index contributed by atoms with van der Waals surface area (Å²) in [5, 5.41) is 0. The van der Waals surface area contributed by atoms with Gasteiger partial charge in [-0.2, -0.15) is 4.31 Å². The van der Waals surface area contributed by atoms with Gasteiger partial charge in [0, 0.05) is 5.56 Å². The molecule has 0 aliphatic carbocycles. The zero-order valence-electron chi connectivity index (χ0n) is 10.9. The van der Waals surface area contributed by atoms with Gasteiger partial charge < -0.3 is 17.2 Å². The standard InChI is InChI=1S/C11H14N4O4S2/c12-9(16)5-15(6-10(13)17)21(18,19)8-3-1-7(2-4-8)11(14)20/h1-4H,5-6H2,(H2,12,16)(H2,13,17)(H2,14,20). The van der Waals surface area contributed by atoms with E-state index in [0.29, 0.717) is 9.87 Å². The third-order valence-corrected chi connectivity index (χ3v) is 4.48. The monoisotopic (exact) mass is 330 g/mol. The first-order chi connectivity index (χ1) is 9.64. The van der Waals surface area contributed by atoms with Gasteiger partial charge in [-0.15, -0.1) is 0 Å². The Morgan fingerprint density at radius 1 is 1.00 bits per heavy atom. The molecule has 0 fully saturated rings. The Bertz CT molecular complexity index is 654. The van der Waals surface area contributed by atoms with Crippen LogP contribution in [0.3, 0.4) is 0 Å². The van der Waals surface area contributed by atoms with Crippen molar-refractivity contribution in [1.29, 1.82) is 0 Å². The summed E-state index contributed by atoms with van der Waals surface area (Å²) >= 11 is 4.76. The summed E-state index contributed by atoms with van der Waals surface area (Å²) in [6, 6.07) is 5.36. The van der Waals surface area contributed by atoms with Crippen LogP contribution in [0.4, 0.5) is 0 Å². The molecule has 0 saturated heterocycles. The van der Waals surface area contributed by atoms with Crippen LogP contribution in [0, 0.1) is 0 Å². The maximum atomic E-state index is 12.3. The van der Waals surface area contributed by atoms with E-state index in [-0.39, 0.29) is 9.88 Å². The summed E-state index contributed by atoms with van der Waals surface area (Å²) in [5.41, 5.74) is 15.9. The van der Waals surface area contributed by atoms with E-state index in [1.54, 1.807) is 0 Å². The van der Waals surface area contributed by atoms with E-state index < -0.39 is 34.9 Å². The molecular weight excluding hydrogens is 316 g/mol. The molecule has 0 aliphatic rings. The highest BCUT2D eigenvalue weighted by Gasteiger charge is 2.27. The smallest absolute Gasteiger partial charge is 0.244 e. The normalized spacial score (nSPS) is 11.3. The van der Waals surface area contributed by atoms with Crippen LogP contribution in [-0.4, -0.2) is 42.6 Å². The van der Waals surface area contributed by atoms with Gasteiger partial charge in [-0.3, -0.25) is 9.59 Å². The van der Waals surface area contributed by atoms with Gasteiger partial charge >= 0.3 is 0 Å². The fourth-order valence-corrected chi connectivity index (χ4v) is 3.02. The number of nitrogens with zero attached hydrogens (tertiary/aromatic N) is 1. The van der Waals surface area contributed by atoms with Gasteiger partial charge in [-0.05, 0) is 12.1 Å². The number of thiocarbonyl (C=S) groups is 1. The van der Waals surface area contributed by atoms with Crippen molar-refractivity contribution >= 4 is 39.0 Å². The highest BCUT2D eigenvalue weighted by atomic mass is 32.2. The number of amides is 2. The Hall–Kier alpha value is -2.04. The molecule has 0 radical (unpaired) electrons. The van der Waals surface area contributed by atoms with Crippen LogP contribution in [0.1, 0.15) is 5.56 Å². The van der Waals surface area contributed by atoms with Crippen molar-refractivity contribution in [3.63, 3.8) is 0 Å². The van der Waals surface area contributed by atoms with Gasteiger partial charge in [0.05, 0.1) is 18.0 Å². The molecule has 0 aliphatic heterocycles. The lowest BCUT2D eigenvalue weighted by molar-refractivity contribution is -0.120. The molecule has 1 rings (SSSR count). The summed E-state index contributed by atoms with van der Waals surface area (Å²) in [6.07, 6.45) is 0. The molecule has 0 unspecified atom stereocenters. The molecule has 10 heteroatoms. The lowest BCUT2D eigenvalue weighted by Gasteiger charge is -2.19. The minimum absolute atomic E-state index is 0.116. The number of hydrogen-bond acceptors (Lipinski definition) is 5. The first-order valence-corrected chi connectivity index (χ1v) is 7.46. The first-order valence-electron chi connectivity index (χ1n) is 5.61.